The number of carboxylic acid groups (broad SMARTS) is 2. The number of rotatable bonds is 27. The first kappa shape index (κ1) is 92.5. The molecule has 9 aliphatic heterocycles. The number of ketones is 3. The van der Waals surface area contributed by atoms with Gasteiger partial charge in [-0.1, -0.05) is 54.6 Å². The topological polar surface area (TPSA) is 384 Å². The summed E-state index contributed by atoms with van der Waals surface area (Å²) in [7, 11) is 6.19. The normalized spacial score (nSPS) is 19.8. The van der Waals surface area contributed by atoms with Gasteiger partial charge in [0.15, 0.2) is 17.3 Å². The Morgan fingerprint density at radius 2 is 0.685 bits per heavy atom. The molecule has 3 amide bonds. The Morgan fingerprint density at radius 3 is 0.931 bits per heavy atom. The molecule has 9 aliphatic rings. The van der Waals surface area contributed by atoms with Crippen LogP contribution < -0.4 is 28.9 Å². The van der Waals surface area contributed by atoms with Gasteiger partial charge >= 0.3 is 17.9 Å². The van der Waals surface area contributed by atoms with Crippen molar-refractivity contribution in [3.63, 3.8) is 0 Å². The van der Waals surface area contributed by atoms with Crippen LogP contribution in [0.2, 0.25) is 0 Å². The van der Waals surface area contributed by atoms with E-state index in [4.69, 9.17) is 60.6 Å². The van der Waals surface area contributed by atoms with Crippen LogP contribution in [0.1, 0.15) is 160 Å². The van der Waals surface area contributed by atoms with Gasteiger partial charge in [0, 0.05) is 95.6 Å². The van der Waals surface area contributed by atoms with Gasteiger partial charge < -0.3 is 70.8 Å². The number of likely N-dealkylation sites (tertiary alicyclic amines) is 3. The average Bonchev–Trinajstić information content (AvgIpc) is 1.56. The van der Waals surface area contributed by atoms with Crippen LogP contribution in [0, 0.1) is 37.0 Å². The van der Waals surface area contributed by atoms with E-state index in [2.05, 4.69) is 15.0 Å². The van der Waals surface area contributed by atoms with Gasteiger partial charge in [-0.25, -0.2) is 15.0 Å². The van der Waals surface area contributed by atoms with Crippen LogP contribution in [-0.2, 0) is 61.9 Å². The summed E-state index contributed by atoms with van der Waals surface area (Å²) < 4.78 is 75.7. The first-order chi connectivity index (χ1) is 63.0. The number of para-hydroxylation sites is 3. The first-order valence-corrected chi connectivity index (χ1v) is 46.4. The first-order valence-electron chi connectivity index (χ1n) is 44.0. The summed E-state index contributed by atoms with van der Waals surface area (Å²) >= 11 is 3.97. The van der Waals surface area contributed by atoms with E-state index in [9.17, 15) is 53.4 Å². The number of aromatic nitrogens is 3. The van der Waals surface area contributed by atoms with E-state index in [-0.39, 0.29) is 124 Å². The number of oxazole rings is 3. The molecule has 33 nitrogen and oxygen atoms in total. The highest BCUT2D eigenvalue weighted by molar-refractivity contribution is 7.21. The zero-order valence-electron chi connectivity index (χ0n) is 73.7. The number of aliphatic carboxylic acids is 2. The summed E-state index contributed by atoms with van der Waals surface area (Å²) in [5, 5.41) is 20.3. The van der Waals surface area contributed by atoms with E-state index in [0.717, 1.165) is 71.9 Å². The number of esters is 1. The Bertz CT molecular complexity index is 5330. The number of carbonyl (C=O) groups is 9. The largest absolute Gasteiger partial charge is 0.496 e. The molecule has 0 radical (unpaired) electrons. The van der Waals surface area contributed by atoms with E-state index >= 15 is 0 Å². The molecule has 3 aromatic carbocycles. The number of methoxy groups -OCH3 is 4. The van der Waals surface area contributed by atoms with Crippen molar-refractivity contribution in [2.45, 2.75) is 134 Å². The molecule has 6 fully saturated rings. The summed E-state index contributed by atoms with van der Waals surface area (Å²) in [6, 6.07) is 22.9. The molecule has 3 atom stereocenters. The number of nitrogens with zero attached hydrogens (tertiary/aromatic N) is 9. The van der Waals surface area contributed by atoms with E-state index in [1.165, 1.54) is 59.9 Å². The van der Waals surface area contributed by atoms with Crippen molar-refractivity contribution in [3.8, 4) is 49.6 Å². The lowest BCUT2D eigenvalue weighted by Crippen LogP contribution is -2.58. The molecule has 18 rings (SSSR count). The fourth-order valence-electron chi connectivity index (χ4n) is 19.3. The van der Waals surface area contributed by atoms with Gasteiger partial charge in [-0.3, -0.25) is 72.6 Å². The number of fused-ring (bicyclic) bond motifs is 3. The van der Waals surface area contributed by atoms with Crippen molar-refractivity contribution < 1.29 is 114 Å². The Kier molecular flexibility index (Phi) is 28.9. The van der Waals surface area contributed by atoms with E-state index in [0.29, 0.717) is 173 Å². The number of anilines is 3. The highest BCUT2D eigenvalue weighted by Crippen LogP contribution is 2.57. The summed E-state index contributed by atoms with van der Waals surface area (Å²) in [5.41, 5.74) is 2.29. The van der Waals surface area contributed by atoms with Gasteiger partial charge in [0.1, 0.15) is 85.6 Å². The summed E-state index contributed by atoms with van der Waals surface area (Å²) in [4.78, 5) is 148. The number of Topliss-reactive ketones (excluding diaryl/α,β-unsaturated/α-hetero) is 3. The number of hydrogen-bond acceptors (Lipinski definition) is 31. The molecule has 2 N–H and O–H groups in total. The van der Waals surface area contributed by atoms with Crippen LogP contribution in [0.15, 0.2) is 123 Å². The predicted molar refractivity (Wildman–Crippen MR) is 477 cm³/mol. The number of ether oxygens (including phenoxy) is 10. The number of hydrogen-bond donors (Lipinski definition) is 2. The maximum absolute atomic E-state index is 14.7. The Hall–Kier alpha value is -10.7. The monoisotopic (exact) mass is 1840 g/mol. The molecule has 36 heteroatoms. The maximum atomic E-state index is 14.7. The standard InChI is InChI=1S/C32H37N3O8S.2C31H35N3O8S/c1-20-26-28(37)32(10-13-34(14-11-32)19-25(36)40-3)31(38)35(30(26)44-27(20)29-33-12-17-42-29)18-24(43-21-8-15-41-16-9-21)22-6-4-5-7-23(22)39-2;2*1-19-25-27(37)31(9-12-33(13-10-31)18-24(35)36)30(38)34(29(25)43-26(19)28-32-11-16-41-28)17-23(42-20-7-14-40-15-8-20)21-5-3-4-6-22(21)39-2/h4-7,12,17,21,24H,8-11,13-16,18-19H2,1-3H3;2*3-6,11,16,20,23H,7-10,12-15,17-18H2,1-2H3,(H,35,36)/t24-;2*23-/m000/s1. The highest BCUT2D eigenvalue weighted by atomic mass is 32.1. The number of piperidine rings is 3. The van der Waals surface area contributed by atoms with Crippen molar-refractivity contribution in [1.29, 1.82) is 0 Å². The Balaban J connectivity index is 0.000000143. The molecular weight excluding hydrogens is 1740 g/mol. The van der Waals surface area contributed by atoms with Crippen molar-refractivity contribution in [2.75, 3.05) is 161 Å². The molecule has 6 aromatic heterocycles. The Labute approximate surface area is 763 Å². The molecule has 0 aliphatic carbocycles. The Morgan fingerprint density at radius 1 is 0.415 bits per heavy atom. The van der Waals surface area contributed by atoms with E-state index in [1.807, 2.05) is 98.5 Å². The lowest BCUT2D eigenvalue weighted by Gasteiger charge is -2.45. The number of carboxylic acids is 2. The van der Waals surface area contributed by atoms with Crippen LogP contribution >= 0.6 is 34.0 Å². The van der Waals surface area contributed by atoms with Crippen LogP contribution in [0.4, 0.5) is 15.0 Å². The smallest absolute Gasteiger partial charge is 0.319 e. The SMILES string of the molecule is COC(=O)CN1CCC2(CC1)C(=O)c1c(sc(-c3ncco3)c1C)N(C[C@H](OC1CCOCC1)c1ccccc1OC)C2=O.COc1ccccc1[C@H](CN1C(=O)C2(CCN(CC(=O)O)CC2)C(=O)c2c1sc(-c1ncco1)c2C)OC1CCOCC1.COc1ccccc1[C@H](CN1C(=O)C2(CCN(CC(=O)O)CC2)C(=O)c2c1sc(-c1ncco1)c2C)OC1CCOCC1. The zero-order valence-corrected chi connectivity index (χ0v) is 76.1. The third-order valence-electron chi connectivity index (χ3n) is 26.5. The van der Waals surface area contributed by atoms with Gasteiger partial charge in [0.05, 0.1) is 136 Å². The second-order valence-corrected chi connectivity index (χ2v) is 36.9. The molecule has 0 saturated carbocycles. The van der Waals surface area contributed by atoms with Gasteiger partial charge in [-0.2, -0.15) is 0 Å². The van der Waals surface area contributed by atoms with E-state index in [1.54, 1.807) is 64.4 Å². The molecule has 0 unspecified atom stereocenters. The minimum absolute atomic E-state index is 0.0527. The second kappa shape index (κ2) is 40.5. The lowest BCUT2D eigenvalue weighted by molar-refractivity contribution is -0.143. The molecule has 9 aromatic rings. The average molecular weight is 1840 g/mol. The van der Waals surface area contributed by atoms with Crippen molar-refractivity contribution in [2.24, 2.45) is 16.2 Å². The predicted octanol–water partition coefficient (Wildman–Crippen LogP) is 13.1. The quantitative estimate of drug-likeness (QED) is 0.0357. The van der Waals surface area contributed by atoms with E-state index < -0.39 is 46.5 Å². The lowest BCUT2D eigenvalue weighted by atomic mass is 9.69. The molecule has 0 bridgehead atoms. The second-order valence-electron chi connectivity index (χ2n) is 33.9. The molecular formula is C94H107N9O24S3. The summed E-state index contributed by atoms with van der Waals surface area (Å²) in [5.74, 6) is -0.487. The number of thiophene rings is 3. The molecule has 690 valence electrons. The van der Waals surface area contributed by atoms with Gasteiger partial charge in [0.25, 0.3) is 0 Å². The summed E-state index contributed by atoms with van der Waals surface area (Å²) in [6.07, 6.45) is 13.3. The van der Waals surface area contributed by atoms with Gasteiger partial charge in [0.2, 0.25) is 35.4 Å². The maximum Gasteiger partial charge on any atom is 0.319 e. The van der Waals surface area contributed by atoms with Crippen molar-refractivity contribution in [1.82, 2.24) is 29.7 Å². The number of carbonyl (C=O) groups excluding carboxylic acids is 7. The fourth-order valence-corrected chi connectivity index (χ4v) is 23.1. The minimum atomic E-state index is -1.30. The van der Waals surface area contributed by atoms with Gasteiger partial charge in [-0.15, -0.1) is 34.0 Å². The van der Waals surface area contributed by atoms with Crippen molar-refractivity contribution in [3.05, 3.63) is 160 Å². The van der Waals surface area contributed by atoms with Crippen LogP contribution in [0.5, 0.6) is 17.2 Å². The van der Waals surface area contributed by atoms with Crippen molar-refractivity contribution >= 4 is 102 Å². The number of amides is 3. The minimum Gasteiger partial charge on any atom is -0.496 e. The highest BCUT2D eigenvalue weighted by Gasteiger charge is 2.60. The molecule has 130 heavy (non-hydrogen) atoms. The van der Waals surface area contributed by atoms with Gasteiger partial charge in [-0.05, 0) is 133 Å². The molecule has 3 spiro atoms. The summed E-state index contributed by atoms with van der Waals surface area (Å²) in [6.45, 7) is 11.8. The zero-order chi connectivity index (χ0) is 91.1. The number of benzene rings is 3. The third-order valence-corrected chi connectivity index (χ3v) is 30.4. The van der Waals surface area contributed by atoms with Crippen LogP contribution in [0.25, 0.3) is 32.3 Å². The van der Waals surface area contributed by atoms with Crippen LogP contribution in [-0.4, -0.2) is 258 Å². The van der Waals surface area contributed by atoms with Crippen LogP contribution in [0.3, 0.4) is 0 Å². The molecule has 15 heterocycles. The molecule has 6 saturated heterocycles. The fraction of sp³-hybridized carbons (Fsp3) is 0.489. The third kappa shape index (κ3) is 18.7.